The molecule has 0 aliphatic heterocycles. The number of carbonyl (C=O) groups is 2. The van der Waals surface area contributed by atoms with Crippen LogP contribution in [0.3, 0.4) is 0 Å². The van der Waals surface area contributed by atoms with E-state index in [0.29, 0.717) is 16.3 Å². The molecule has 3 N–H and O–H groups in total. The van der Waals surface area contributed by atoms with Crippen LogP contribution in [0, 0.1) is 0 Å². The molecule has 7 nitrogen and oxygen atoms in total. The minimum Gasteiger partial charge on any atom is -0.484 e. The van der Waals surface area contributed by atoms with Crippen molar-refractivity contribution in [2.45, 2.75) is 24.2 Å². The van der Waals surface area contributed by atoms with E-state index in [-0.39, 0.29) is 24.6 Å². The van der Waals surface area contributed by atoms with Crippen LogP contribution in [0.5, 0.6) is 11.5 Å². The Hall–Kier alpha value is -3.25. The Morgan fingerprint density at radius 2 is 1.79 bits per heavy atom. The summed E-state index contributed by atoms with van der Waals surface area (Å²) in [6.45, 7) is -0.294. The number of hydrogen-bond donors (Lipinski definition) is 2. The predicted molar refractivity (Wildman–Crippen MR) is 122 cm³/mol. The van der Waals surface area contributed by atoms with Crippen molar-refractivity contribution in [3.05, 3.63) is 69.7 Å². The van der Waals surface area contributed by atoms with Crippen molar-refractivity contribution in [3.8, 4) is 11.5 Å². The van der Waals surface area contributed by atoms with Crippen LogP contribution in [0.15, 0.2) is 53.4 Å². The number of thiazole rings is 1. The molecule has 2 aromatic carbocycles. The van der Waals surface area contributed by atoms with E-state index in [2.05, 4.69) is 15.0 Å². The lowest BCUT2D eigenvalue weighted by Gasteiger charge is -2.10. The molecule has 0 aliphatic rings. The summed E-state index contributed by atoms with van der Waals surface area (Å²) < 4.78 is 45.6. The quantitative estimate of drug-likeness (QED) is 0.397. The van der Waals surface area contributed by atoms with Gasteiger partial charge in [-0.05, 0) is 42.2 Å². The van der Waals surface area contributed by atoms with Crippen molar-refractivity contribution < 1.29 is 32.2 Å². The average Bonchev–Trinajstić information content (AvgIpc) is 3.19. The normalized spacial score (nSPS) is 11.2. The van der Waals surface area contributed by atoms with E-state index < -0.39 is 23.9 Å². The van der Waals surface area contributed by atoms with Crippen molar-refractivity contribution in [1.29, 1.82) is 0 Å². The zero-order valence-corrected chi connectivity index (χ0v) is 19.5. The average molecular weight is 512 g/mol. The highest BCUT2D eigenvalue weighted by Crippen LogP contribution is 2.27. The van der Waals surface area contributed by atoms with Gasteiger partial charge in [0.1, 0.15) is 22.2 Å². The van der Waals surface area contributed by atoms with Gasteiger partial charge >= 0.3 is 6.36 Å². The Kier molecular flexibility index (Phi) is 8.40. The Morgan fingerprint density at radius 1 is 1.12 bits per heavy atom. The van der Waals surface area contributed by atoms with Gasteiger partial charge in [-0.3, -0.25) is 9.59 Å². The zero-order chi connectivity index (χ0) is 24.7. The summed E-state index contributed by atoms with van der Waals surface area (Å²) in [6.07, 6.45) is -2.34. The van der Waals surface area contributed by atoms with Crippen LogP contribution in [-0.2, 0) is 17.8 Å². The largest absolute Gasteiger partial charge is 0.573 e. The molecule has 0 saturated heterocycles. The van der Waals surface area contributed by atoms with Gasteiger partial charge in [-0.1, -0.05) is 18.2 Å². The topological polar surface area (TPSA) is 104 Å². The standard InChI is InChI=1S/C22H20F3N3O4S2/c1-33-16-5-3-2-4-13(16)10-17-20(21(26)30)28-19(34-17)11-27-18(29)12-31-14-6-8-15(9-7-14)32-22(23,24)25/h2-9H,10-12H2,1H3,(H2,26,30)(H,27,29). The maximum atomic E-state index is 12.2. The number of rotatable bonds is 10. The second-order valence-corrected chi connectivity index (χ2v) is 8.83. The van der Waals surface area contributed by atoms with Gasteiger partial charge in [-0.25, -0.2) is 4.98 Å². The Labute approximate surface area is 201 Å². The zero-order valence-electron chi connectivity index (χ0n) is 17.8. The maximum absolute atomic E-state index is 12.2. The van der Waals surface area contributed by atoms with Crippen LogP contribution in [0.2, 0.25) is 0 Å². The first-order valence-corrected chi connectivity index (χ1v) is 11.8. The van der Waals surface area contributed by atoms with Crippen molar-refractivity contribution >= 4 is 34.9 Å². The van der Waals surface area contributed by atoms with Crippen LogP contribution in [0.4, 0.5) is 13.2 Å². The second kappa shape index (κ2) is 11.3. The number of carbonyl (C=O) groups excluding carboxylic acids is 2. The number of hydrogen-bond acceptors (Lipinski definition) is 7. The molecule has 12 heteroatoms. The van der Waals surface area contributed by atoms with E-state index >= 15 is 0 Å². The first-order chi connectivity index (χ1) is 16.1. The monoisotopic (exact) mass is 511 g/mol. The number of benzene rings is 2. The number of amides is 2. The lowest BCUT2D eigenvalue weighted by atomic mass is 10.1. The fourth-order valence-corrected chi connectivity index (χ4v) is 4.58. The molecule has 0 unspecified atom stereocenters. The molecule has 0 atom stereocenters. The SMILES string of the molecule is CSc1ccccc1Cc1sc(CNC(=O)COc2ccc(OC(F)(F)F)cc2)nc1C(N)=O. The minimum absolute atomic E-state index is 0.0652. The van der Waals surface area contributed by atoms with Gasteiger partial charge < -0.3 is 20.5 Å². The molecule has 0 bridgehead atoms. The van der Waals surface area contributed by atoms with Crippen molar-refractivity contribution in [3.63, 3.8) is 0 Å². The summed E-state index contributed by atoms with van der Waals surface area (Å²) in [5.74, 6) is -1.31. The smallest absolute Gasteiger partial charge is 0.484 e. The molecule has 0 aliphatic carbocycles. The van der Waals surface area contributed by atoms with Gasteiger partial charge in [0.2, 0.25) is 0 Å². The summed E-state index contributed by atoms with van der Waals surface area (Å²) in [7, 11) is 0. The van der Waals surface area contributed by atoms with Crippen LogP contribution in [0.1, 0.15) is 25.9 Å². The molecule has 2 amide bonds. The Balaban J connectivity index is 1.56. The number of nitrogens with one attached hydrogen (secondary N) is 1. The summed E-state index contributed by atoms with van der Waals surface area (Å²) in [5.41, 5.74) is 6.69. The number of alkyl halides is 3. The molecule has 0 spiro atoms. The van der Waals surface area contributed by atoms with E-state index in [1.807, 2.05) is 30.5 Å². The first kappa shape index (κ1) is 25.4. The van der Waals surface area contributed by atoms with Crippen molar-refractivity contribution in [2.75, 3.05) is 12.9 Å². The fourth-order valence-electron chi connectivity index (χ4n) is 2.92. The van der Waals surface area contributed by atoms with Crippen molar-refractivity contribution in [1.82, 2.24) is 10.3 Å². The molecule has 3 aromatic rings. The third kappa shape index (κ3) is 7.39. The molecule has 34 heavy (non-hydrogen) atoms. The van der Waals surface area contributed by atoms with Crippen LogP contribution in [-0.4, -0.2) is 36.0 Å². The van der Waals surface area contributed by atoms with Gasteiger partial charge in [0.15, 0.2) is 6.61 Å². The molecular formula is C22H20F3N3O4S2. The highest BCUT2D eigenvalue weighted by atomic mass is 32.2. The summed E-state index contributed by atoms with van der Waals surface area (Å²) >= 11 is 2.88. The van der Waals surface area contributed by atoms with Crippen LogP contribution in [0.25, 0.3) is 0 Å². The number of nitrogens with zero attached hydrogens (tertiary/aromatic N) is 1. The van der Waals surface area contributed by atoms with Gasteiger partial charge in [0.05, 0.1) is 6.54 Å². The number of primary amides is 1. The third-order valence-corrected chi connectivity index (χ3v) is 6.28. The van der Waals surface area contributed by atoms with E-state index in [1.54, 1.807) is 11.8 Å². The first-order valence-electron chi connectivity index (χ1n) is 9.80. The predicted octanol–water partition coefficient (Wildman–Crippen LogP) is 4.15. The molecule has 180 valence electrons. The number of thioether (sulfide) groups is 1. The maximum Gasteiger partial charge on any atom is 0.573 e. The number of nitrogens with two attached hydrogens (primary N) is 1. The number of halogens is 3. The van der Waals surface area contributed by atoms with Crippen molar-refractivity contribution in [2.24, 2.45) is 5.73 Å². The summed E-state index contributed by atoms with van der Waals surface area (Å²) in [4.78, 5) is 30.0. The van der Waals surface area contributed by atoms with E-state index in [1.165, 1.54) is 23.5 Å². The summed E-state index contributed by atoms with van der Waals surface area (Å²) in [5, 5.41) is 3.14. The fraction of sp³-hybridized carbons (Fsp3) is 0.227. The Morgan fingerprint density at radius 3 is 2.44 bits per heavy atom. The van der Waals surface area contributed by atoms with E-state index in [4.69, 9.17) is 10.5 Å². The minimum atomic E-state index is -4.79. The molecule has 1 aromatic heterocycles. The van der Waals surface area contributed by atoms with Gasteiger partial charge in [0.25, 0.3) is 11.8 Å². The molecule has 0 fully saturated rings. The molecule has 0 radical (unpaired) electrons. The number of ether oxygens (including phenoxy) is 2. The Bertz CT molecular complexity index is 1150. The highest BCUT2D eigenvalue weighted by Gasteiger charge is 2.31. The highest BCUT2D eigenvalue weighted by molar-refractivity contribution is 7.98. The lowest BCUT2D eigenvalue weighted by molar-refractivity contribution is -0.274. The number of aromatic nitrogens is 1. The van der Waals surface area contributed by atoms with E-state index in [9.17, 15) is 22.8 Å². The van der Waals surface area contributed by atoms with Gasteiger partial charge in [-0.15, -0.1) is 36.3 Å². The molecule has 3 rings (SSSR count). The molecule has 1 heterocycles. The van der Waals surface area contributed by atoms with E-state index in [0.717, 1.165) is 22.6 Å². The third-order valence-electron chi connectivity index (χ3n) is 4.38. The van der Waals surface area contributed by atoms with Crippen LogP contribution >= 0.6 is 23.1 Å². The second-order valence-electron chi connectivity index (χ2n) is 6.82. The summed E-state index contributed by atoms with van der Waals surface area (Å²) in [6, 6.07) is 12.5. The van der Waals surface area contributed by atoms with Gasteiger partial charge in [-0.2, -0.15) is 0 Å². The molecule has 0 saturated carbocycles. The van der Waals surface area contributed by atoms with Crippen LogP contribution < -0.4 is 20.5 Å². The van der Waals surface area contributed by atoms with Gasteiger partial charge in [0, 0.05) is 16.2 Å². The molecular weight excluding hydrogens is 491 g/mol. The lowest BCUT2D eigenvalue weighted by Crippen LogP contribution is -2.28.